The number of methoxy groups -OCH3 is 1. The van der Waals surface area contributed by atoms with E-state index in [9.17, 15) is 9.59 Å². The Morgan fingerprint density at radius 3 is 2.48 bits per heavy atom. The zero-order valence-corrected chi connectivity index (χ0v) is 16.5. The fourth-order valence-corrected chi connectivity index (χ4v) is 2.69. The van der Waals surface area contributed by atoms with Crippen molar-refractivity contribution in [3.8, 4) is 5.75 Å². The van der Waals surface area contributed by atoms with Gasteiger partial charge in [-0.3, -0.25) is 9.59 Å². The van der Waals surface area contributed by atoms with Gasteiger partial charge in [-0.25, -0.2) is 0 Å². The highest BCUT2D eigenvalue weighted by Gasteiger charge is 2.14. The Labute approximate surface area is 168 Å². The maximum Gasteiger partial charge on any atom is 0.244 e. The summed E-state index contributed by atoms with van der Waals surface area (Å²) >= 11 is 11.9. The van der Waals surface area contributed by atoms with Gasteiger partial charge < -0.3 is 15.4 Å². The first-order valence-corrected chi connectivity index (χ1v) is 8.99. The second-order valence-corrected chi connectivity index (χ2v) is 6.63. The number of benzene rings is 2. The van der Waals surface area contributed by atoms with Crippen molar-refractivity contribution in [2.45, 2.75) is 19.5 Å². The molecular weight excluding hydrogens is 387 g/mol. The number of rotatable bonds is 7. The van der Waals surface area contributed by atoms with Gasteiger partial charge in [-0.1, -0.05) is 41.4 Å². The molecule has 0 saturated carbocycles. The van der Waals surface area contributed by atoms with Crippen molar-refractivity contribution in [1.82, 2.24) is 10.6 Å². The number of hydrogen-bond donors (Lipinski definition) is 2. The molecule has 0 aliphatic carbocycles. The van der Waals surface area contributed by atoms with Crippen molar-refractivity contribution in [2.24, 2.45) is 0 Å². The normalized spacial score (nSPS) is 11.9. The Morgan fingerprint density at radius 1 is 1.15 bits per heavy atom. The molecule has 1 unspecified atom stereocenters. The molecule has 1 atom stereocenters. The molecule has 2 aromatic carbocycles. The Bertz CT molecular complexity index is 836. The molecule has 0 fully saturated rings. The van der Waals surface area contributed by atoms with Crippen molar-refractivity contribution in [3.05, 3.63) is 69.7 Å². The summed E-state index contributed by atoms with van der Waals surface area (Å²) in [4.78, 5) is 24.1. The summed E-state index contributed by atoms with van der Waals surface area (Å²) in [5, 5.41) is 6.35. The number of amides is 2. The number of nitrogens with one attached hydrogen (secondary N) is 2. The molecule has 27 heavy (non-hydrogen) atoms. The summed E-state index contributed by atoms with van der Waals surface area (Å²) in [6.07, 6.45) is 3.04. The molecule has 0 aliphatic rings. The van der Waals surface area contributed by atoms with Crippen LogP contribution in [-0.2, 0) is 16.1 Å². The van der Waals surface area contributed by atoms with Gasteiger partial charge >= 0.3 is 0 Å². The molecule has 2 amide bonds. The van der Waals surface area contributed by atoms with E-state index in [0.29, 0.717) is 10.0 Å². The minimum atomic E-state index is -0.691. The molecule has 2 aromatic rings. The van der Waals surface area contributed by atoms with E-state index in [0.717, 1.165) is 16.9 Å². The van der Waals surface area contributed by atoms with Crippen molar-refractivity contribution in [2.75, 3.05) is 7.11 Å². The first-order valence-electron chi connectivity index (χ1n) is 8.23. The van der Waals surface area contributed by atoms with E-state index in [4.69, 9.17) is 27.9 Å². The van der Waals surface area contributed by atoms with E-state index in [2.05, 4.69) is 10.6 Å². The van der Waals surface area contributed by atoms with Gasteiger partial charge in [0.15, 0.2) is 0 Å². The number of ether oxygens (including phenoxy) is 1. The minimum Gasteiger partial charge on any atom is -0.497 e. The van der Waals surface area contributed by atoms with Crippen LogP contribution in [0.3, 0.4) is 0 Å². The van der Waals surface area contributed by atoms with Gasteiger partial charge in [-0.2, -0.15) is 0 Å². The lowest BCUT2D eigenvalue weighted by atomic mass is 10.2. The summed E-state index contributed by atoms with van der Waals surface area (Å²) in [5.41, 5.74) is 1.59. The van der Waals surface area contributed by atoms with Crippen LogP contribution in [0, 0.1) is 0 Å². The third-order valence-corrected chi connectivity index (χ3v) is 4.35. The molecule has 2 rings (SSSR count). The Morgan fingerprint density at radius 2 is 1.85 bits per heavy atom. The lowest BCUT2D eigenvalue weighted by molar-refractivity contribution is -0.126. The van der Waals surface area contributed by atoms with Gasteiger partial charge in [0.05, 0.1) is 7.11 Å². The first-order chi connectivity index (χ1) is 12.9. The smallest absolute Gasteiger partial charge is 0.244 e. The third kappa shape index (κ3) is 6.62. The summed E-state index contributed by atoms with van der Waals surface area (Å²) in [6, 6.07) is 11.6. The number of carbonyl (C=O) groups excluding carboxylic acids is 2. The molecule has 0 aromatic heterocycles. The molecule has 0 radical (unpaired) electrons. The van der Waals surface area contributed by atoms with Crippen molar-refractivity contribution >= 4 is 41.1 Å². The van der Waals surface area contributed by atoms with Crippen LogP contribution in [0.4, 0.5) is 0 Å². The molecule has 7 heteroatoms. The van der Waals surface area contributed by atoms with Gasteiger partial charge in [0.2, 0.25) is 11.8 Å². The lowest BCUT2D eigenvalue weighted by Crippen LogP contribution is -2.44. The second-order valence-electron chi connectivity index (χ2n) is 5.79. The van der Waals surface area contributed by atoms with Crippen LogP contribution in [0.2, 0.25) is 10.0 Å². The molecule has 0 spiro atoms. The second kappa shape index (κ2) is 10.00. The maximum atomic E-state index is 12.1. The van der Waals surface area contributed by atoms with E-state index in [1.54, 1.807) is 50.4 Å². The zero-order valence-electron chi connectivity index (χ0n) is 15.0. The fourth-order valence-electron chi connectivity index (χ4n) is 2.21. The van der Waals surface area contributed by atoms with Gasteiger partial charge in [0.1, 0.15) is 11.8 Å². The number of carbonyl (C=O) groups is 2. The molecule has 0 aliphatic heterocycles. The number of halogens is 2. The monoisotopic (exact) mass is 406 g/mol. The Hall–Kier alpha value is -2.50. The summed E-state index contributed by atoms with van der Waals surface area (Å²) in [7, 11) is 1.59. The summed E-state index contributed by atoms with van der Waals surface area (Å²) < 4.78 is 5.08. The Balaban J connectivity index is 1.83. The first kappa shape index (κ1) is 20.8. The molecule has 142 valence electrons. The molecule has 5 nitrogen and oxygen atoms in total. The van der Waals surface area contributed by atoms with Crippen molar-refractivity contribution in [3.63, 3.8) is 0 Å². The fraction of sp³-hybridized carbons (Fsp3) is 0.200. The predicted molar refractivity (Wildman–Crippen MR) is 108 cm³/mol. The highest BCUT2D eigenvalue weighted by atomic mass is 35.5. The SMILES string of the molecule is COc1ccc(/C=C/C(=O)NC(C)C(=O)NCc2ccc(Cl)cc2Cl)cc1. The van der Waals surface area contributed by atoms with E-state index in [-0.39, 0.29) is 18.4 Å². The summed E-state index contributed by atoms with van der Waals surface area (Å²) in [6.45, 7) is 1.86. The van der Waals surface area contributed by atoms with E-state index >= 15 is 0 Å². The standard InChI is InChI=1S/C20H20Cl2N2O3/c1-13(20(26)23-12-15-6-7-16(21)11-18(15)22)24-19(25)10-5-14-3-8-17(27-2)9-4-14/h3-11,13H,12H2,1-2H3,(H,23,26)(H,24,25)/b10-5+. The van der Waals surface area contributed by atoms with Crippen molar-refractivity contribution in [1.29, 1.82) is 0 Å². The molecule has 2 N–H and O–H groups in total. The third-order valence-electron chi connectivity index (χ3n) is 3.76. The topological polar surface area (TPSA) is 67.4 Å². The highest BCUT2D eigenvalue weighted by molar-refractivity contribution is 6.35. The van der Waals surface area contributed by atoms with Gasteiger partial charge in [0.25, 0.3) is 0 Å². The van der Waals surface area contributed by atoms with Crippen LogP contribution in [0.15, 0.2) is 48.5 Å². The lowest BCUT2D eigenvalue weighted by Gasteiger charge is -2.13. The zero-order chi connectivity index (χ0) is 19.8. The predicted octanol–water partition coefficient (Wildman–Crippen LogP) is 3.84. The van der Waals surface area contributed by atoms with Crippen LogP contribution in [0.1, 0.15) is 18.1 Å². The summed E-state index contributed by atoms with van der Waals surface area (Å²) in [5.74, 6) is 0.0629. The van der Waals surface area contributed by atoms with Crippen LogP contribution in [0.25, 0.3) is 6.08 Å². The molecule has 0 saturated heterocycles. The van der Waals surface area contributed by atoms with E-state index in [1.807, 2.05) is 12.1 Å². The van der Waals surface area contributed by atoms with Crippen LogP contribution in [-0.4, -0.2) is 25.0 Å². The highest BCUT2D eigenvalue weighted by Crippen LogP contribution is 2.20. The Kier molecular flexibility index (Phi) is 7.70. The van der Waals surface area contributed by atoms with Crippen molar-refractivity contribution < 1.29 is 14.3 Å². The van der Waals surface area contributed by atoms with E-state index < -0.39 is 6.04 Å². The maximum absolute atomic E-state index is 12.1. The van der Waals surface area contributed by atoms with Crippen LogP contribution in [0.5, 0.6) is 5.75 Å². The minimum absolute atomic E-state index is 0.247. The quantitative estimate of drug-likeness (QED) is 0.686. The van der Waals surface area contributed by atoms with Crippen LogP contribution >= 0.6 is 23.2 Å². The van der Waals surface area contributed by atoms with Gasteiger partial charge in [0, 0.05) is 22.7 Å². The molecule has 0 heterocycles. The number of hydrogen-bond acceptors (Lipinski definition) is 3. The van der Waals surface area contributed by atoms with Gasteiger partial charge in [-0.15, -0.1) is 0 Å². The largest absolute Gasteiger partial charge is 0.497 e. The average Bonchev–Trinajstić information content (AvgIpc) is 2.65. The molecular formula is C20H20Cl2N2O3. The average molecular weight is 407 g/mol. The van der Waals surface area contributed by atoms with Gasteiger partial charge in [-0.05, 0) is 48.4 Å². The van der Waals surface area contributed by atoms with E-state index in [1.165, 1.54) is 6.08 Å². The molecule has 0 bridgehead atoms. The van der Waals surface area contributed by atoms with Crippen LogP contribution < -0.4 is 15.4 Å².